The normalized spacial score (nSPS) is 13.1. The molecule has 0 radical (unpaired) electrons. The van der Waals surface area contributed by atoms with Crippen LogP contribution in [0.15, 0.2) is 134 Å². The summed E-state index contributed by atoms with van der Waals surface area (Å²) in [6, 6.07) is 0. The van der Waals surface area contributed by atoms with Crippen molar-refractivity contribution in [2.45, 2.75) is 290 Å². The van der Waals surface area contributed by atoms with E-state index in [1.807, 2.05) is 0 Å². The standard InChI is InChI=1S/C71H118O5/c1-3-5-7-9-11-13-15-17-19-21-23-25-27-29-30-31-32-33-34-35-36-37-38-39-40-42-44-46-48-50-52-54-56-58-60-62-64-66-71(74)76-69(67-72)68-75-70(73)65-63-61-59-57-55-53-51-49-47-45-43-41-28-26-24-22-20-18-16-14-12-10-8-6-4-2/h5,7,11,13,17,19,22-25,29-30,32-33,35-36,38-39,42,44,48,50,69,72H,3-4,6,8-10,12,14-16,18,20-21,26-28,31,34,37,40-41,43,45-47,49,51-68H2,1-2H3/b7-5-,13-11-,19-17-,24-22-,25-23-,30-29-,33-32-,36-35-,39-38-,44-42-,50-48-. The fourth-order valence-electron chi connectivity index (χ4n) is 8.70. The highest BCUT2D eigenvalue weighted by Gasteiger charge is 2.16. The Hall–Kier alpha value is -3.96. The van der Waals surface area contributed by atoms with Gasteiger partial charge in [-0.25, -0.2) is 0 Å². The lowest BCUT2D eigenvalue weighted by molar-refractivity contribution is -0.161. The van der Waals surface area contributed by atoms with E-state index in [-0.39, 0.29) is 25.2 Å². The fraction of sp³-hybridized carbons (Fsp3) is 0.662. The van der Waals surface area contributed by atoms with Crippen LogP contribution in [0.3, 0.4) is 0 Å². The molecule has 76 heavy (non-hydrogen) atoms. The second-order valence-corrected chi connectivity index (χ2v) is 20.8. The summed E-state index contributed by atoms with van der Waals surface area (Å²) in [4.78, 5) is 24.6. The van der Waals surface area contributed by atoms with Gasteiger partial charge in [0, 0.05) is 12.8 Å². The molecule has 1 unspecified atom stereocenters. The van der Waals surface area contributed by atoms with Crippen molar-refractivity contribution in [2.75, 3.05) is 13.2 Å². The minimum Gasteiger partial charge on any atom is -0.462 e. The summed E-state index contributed by atoms with van der Waals surface area (Å²) in [7, 11) is 0. The van der Waals surface area contributed by atoms with E-state index in [1.54, 1.807) is 0 Å². The molecule has 0 rings (SSSR count). The van der Waals surface area contributed by atoms with Crippen LogP contribution in [0, 0.1) is 0 Å². The van der Waals surface area contributed by atoms with Gasteiger partial charge in [0.1, 0.15) is 6.61 Å². The predicted molar refractivity (Wildman–Crippen MR) is 334 cm³/mol. The fourth-order valence-corrected chi connectivity index (χ4v) is 8.70. The molecule has 0 spiro atoms. The van der Waals surface area contributed by atoms with Gasteiger partial charge in [0.2, 0.25) is 0 Å². The van der Waals surface area contributed by atoms with Gasteiger partial charge in [0.25, 0.3) is 0 Å². The Labute approximate surface area is 470 Å². The maximum absolute atomic E-state index is 12.3. The quantitative estimate of drug-likeness (QED) is 0.0373. The van der Waals surface area contributed by atoms with Crippen LogP contribution in [-0.4, -0.2) is 36.4 Å². The van der Waals surface area contributed by atoms with E-state index < -0.39 is 6.10 Å². The summed E-state index contributed by atoms with van der Waals surface area (Å²) in [5.74, 6) is -0.608. The van der Waals surface area contributed by atoms with Crippen molar-refractivity contribution in [1.82, 2.24) is 0 Å². The van der Waals surface area contributed by atoms with Crippen LogP contribution in [0.25, 0.3) is 0 Å². The van der Waals surface area contributed by atoms with Crippen molar-refractivity contribution in [2.24, 2.45) is 0 Å². The first-order valence-corrected chi connectivity index (χ1v) is 31.7. The van der Waals surface area contributed by atoms with Crippen molar-refractivity contribution >= 4 is 11.9 Å². The maximum Gasteiger partial charge on any atom is 0.306 e. The summed E-state index contributed by atoms with van der Waals surface area (Å²) in [6.45, 7) is 4.03. The van der Waals surface area contributed by atoms with Gasteiger partial charge in [0.15, 0.2) is 6.10 Å². The Balaban J connectivity index is 3.59. The molecule has 0 aromatic carbocycles. The lowest BCUT2D eigenvalue weighted by Crippen LogP contribution is -2.28. The summed E-state index contributed by atoms with van der Waals surface area (Å²) < 4.78 is 10.7. The molecule has 0 aliphatic rings. The lowest BCUT2D eigenvalue weighted by atomic mass is 10.0. The smallest absolute Gasteiger partial charge is 0.306 e. The van der Waals surface area contributed by atoms with Crippen molar-refractivity contribution in [3.05, 3.63) is 134 Å². The van der Waals surface area contributed by atoms with Gasteiger partial charge in [-0.15, -0.1) is 0 Å². The number of carbonyl (C=O) groups is 2. The van der Waals surface area contributed by atoms with E-state index >= 15 is 0 Å². The van der Waals surface area contributed by atoms with Gasteiger partial charge in [0.05, 0.1) is 6.61 Å². The van der Waals surface area contributed by atoms with Crippen molar-refractivity contribution < 1.29 is 24.2 Å². The monoisotopic (exact) mass is 1050 g/mol. The lowest BCUT2D eigenvalue weighted by Gasteiger charge is -2.15. The number of rotatable bonds is 57. The number of carbonyl (C=O) groups excluding carboxylic acids is 2. The summed E-state index contributed by atoms with van der Waals surface area (Å²) in [5, 5.41) is 9.68. The summed E-state index contributed by atoms with van der Waals surface area (Å²) >= 11 is 0. The molecule has 0 aromatic rings. The molecule has 0 bridgehead atoms. The first-order valence-electron chi connectivity index (χ1n) is 31.7. The number of esters is 2. The Kier molecular flexibility index (Phi) is 61.9. The molecule has 0 saturated heterocycles. The molecule has 0 amide bonds. The molecule has 5 heteroatoms. The molecule has 0 heterocycles. The molecule has 0 fully saturated rings. The third-order valence-corrected chi connectivity index (χ3v) is 13.4. The Morgan fingerprint density at radius 1 is 0.316 bits per heavy atom. The highest BCUT2D eigenvalue weighted by atomic mass is 16.6. The predicted octanol–water partition coefficient (Wildman–Crippen LogP) is 22.0. The van der Waals surface area contributed by atoms with Gasteiger partial charge in [-0.2, -0.15) is 0 Å². The number of unbranched alkanes of at least 4 members (excludes halogenated alkanes) is 27. The molecular weight excluding hydrogens is 933 g/mol. The average molecular weight is 1050 g/mol. The van der Waals surface area contributed by atoms with E-state index in [0.717, 1.165) is 109 Å². The number of hydrogen-bond acceptors (Lipinski definition) is 5. The van der Waals surface area contributed by atoms with Gasteiger partial charge >= 0.3 is 11.9 Å². The number of ether oxygens (including phenoxy) is 2. The van der Waals surface area contributed by atoms with Crippen molar-refractivity contribution in [3.63, 3.8) is 0 Å². The van der Waals surface area contributed by atoms with Gasteiger partial charge in [-0.05, 0) is 116 Å². The molecular formula is C71H118O5. The zero-order chi connectivity index (χ0) is 54.8. The summed E-state index contributed by atoms with van der Waals surface area (Å²) in [5.41, 5.74) is 0. The van der Waals surface area contributed by atoms with Crippen LogP contribution in [0.1, 0.15) is 284 Å². The van der Waals surface area contributed by atoms with E-state index in [0.29, 0.717) is 12.8 Å². The topological polar surface area (TPSA) is 72.8 Å². The van der Waals surface area contributed by atoms with E-state index in [1.165, 1.54) is 148 Å². The average Bonchev–Trinajstić information content (AvgIpc) is 3.42. The van der Waals surface area contributed by atoms with Gasteiger partial charge in [-0.1, -0.05) is 289 Å². The van der Waals surface area contributed by atoms with Crippen LogP contribution in [0.5, 0.6) is 0 Å². The molecule has 0 aliphatic heterocycles. The molecule has 1 N–H and O–H groups in total. The Morgan fingerprint density at radius 2 is 0.566 bits per heavy atom. The number of aliphatic hydroxyl groups excluding tert-OH is 1. The minimum atomic E-state index is -0.790. The minimum absolute atomic E-state index is 0.0777. The van der Waals surface area contributed by atoms with Crippen LogP contribution >= 0.6 is 0 Å². The Morgan fingerprint density at radius 3 is 0.868 bits per heavy atom. The van der Waals surface area contributed by atoms with Gasteiger partial charge in [-0.3, -0.25) is 9.59 Å². The summed E-state index contributed by atoms with van der Waals surface area (Å²) in [6.07, 6.45) is 97.3. The first-order chi connectivity index (χ1) is 37.6. The Bertz CT molecular complexity index is 1570. The molecule has 0 saturated carbocycles. The van der Waals surface area contributed by atoms with Crippen molar-refractivity contribution in [1.29, 1.82) is 0 Å². The van der Waals surface area contributed by atoms with Crippen molar-refractivity contribution in [3.8, 4) is 0 Å². The van der Waals surface area contributed by atoms with Crippen LogP contribution in [0.4, 0.5) is 0 Å². The third kappa shape index (κ3) is 62.6. The molecule has 432 valence electrons. The van der Waals surface area contributed by atoms with E-state index in [2.05, 4.69) is 148 Å². The van der Waals surface area contributed by atoms with E-state index in [4.69, 9.17) is 9.47 Å². The highest BCUT2D eigenvalue weighted by molar-refractivity contribution is 5.70. The molecule has 1 atom stereocenters. The number of aliphatic hydroxyl groups is 1. The van der Waals surface area contributed by atoms with Crippen LogP contribution in [0.2, 0.25) is 0 Å². The van der Waals surface area contributed by atoms with E-state index in [9.17, 15) is 14.7 Å². The van der Waals surface area contributed by atoms with Crippen LogP contribution in [-0.2, 0) is 19.1 Å². The number of allylic oxidation sites excluding steroid dienone is 22. The zero-order valence-electron chi connectivity index (χ0n) is 49.5. The van der Waals surface area contributed by atoms with Gasteiger partial charge < -0.3 is 14.6 Å². The molecule has 0 aromatic heterocycles. The SMILES string of the molecule is CC/C=C\C/C=C\C/C=C\C/C=C\C/C=C\C/C=C\C/C=C\C/C=C\C/C=C\C/C=C\CCCCCCCCC(=O)OC(CO)COC(=O)CCCCCCCCCCCCCCC/C=C\CCCCCCCCCC. The molecule has 0 aliphatic carbocycles. The second-order valence-electron chi connectivity index (χ2n) is 20.8. The maximum atomic E-state index is 12.3. The van der Waals surface area contributed by atoms with Crippen LogP contribution < -0.4 is 0 Å². The molecule has 5 nitrogen and oxygen atoms in total. The first kappa shape index (κ1) is 72.0. The number of hydrogen-bond donors (Lipinski definition) is 1. The third-order valence-electron chi connectivity index (χ3n) is 13.4. The zero-order valence-corrected chi connectivity index (χ0v) is 49.5. The highest BCUT2D eigenvalue weighted by Crippen LogP contribution is 2.16. The second kappa shape index (κ2) is 65.3. The largest absolute Gasteiger partial charge is 0.462 e.